The molecule has 1 saturated heterocycles. The Morgan fingerprint density at radius 1 is 1.11 bits per heavy atom. The van der Waals surface area contributed by atoms with E-state index in [0.717, 1.165) is 0 Å². The second kappa shape index (κ2) is 6.41. The van der Waals surface area contributed by atoms with E-state index in [2.05, 4.69) is 0 Å². The lowest BCUT2D eigenvalue weighted by Gasteiger charge is -2.38. The van der Waals surface area contributed by atoms with Gasteiger partial charge in [0, 0.05) is 11.8 Å². The summed E-state index contributed by atoms with van der Waals surface area (Å²) in [5.74, 6) is -1.09. The van der Waals surface area contributed by atoms with Crippen molar-refractivity contribution < 1.29 is 23.7 Å². The van der Waals surface area contributed by atoms with Crippen molar-refractivity contribution in [3.8, 4) is 6.07 Å². The van der Waals surface area contributed by atoms with E-state index >= 15 is 0 Å². The maximum Gasteiger partial charge on any atom is 0.160 e. The van der Waals surface area contributed by atoms with Crippen molar-refractivity contribution in [1.29, 1.82) is 5.26 Å². The summed E-state index contributed by atoms with van der Waals surface area (Å²) in [6.07, 6.45) is -3.04. The Bertz CT molecular complexity index is 290. The minimum absolute atomic E-state index is 0. The van der Waals surface area contributed by atoms with E-state index in [1.807, 2.05) is 6.92 Å². The Kier molecular flexibility index (Phi) is 5.45. The Hall–Kier alpha value is -0.770. The van der Waals surface area contributed by atoms with Crippen molar-refractivity contribution in [2.45, 2.75) is 38.4 Å². The zero-order chi connectivity index (χ0) is 12.4. The summed E-state index contributed by atoms with van der Waals surface area (Å²) < 4.78 is 38.1. The number of rotatable bonds is 1. The van der Waals surface area contributed by atoms with E-state index in [9.17, 15) is 8.78 Å². The number of nitriles is 1. The molecule has 0 aromatic carbocycles. The third-order valence-corrected chi connectivity index (χ3v) is 3.46. The van der Waals surface area contributed by atoms with Gasteiger partial charge in [-0.05, 0) is 12.8 Å². The first kappa shape index (κ1) is 15.3. The molecule has 0 aromatic rings. The van der Waals surface area contributed by atoms with Gasteiger partial charge in [-0.2, -0.15) is 5.26 Å². The fraction of sp³-hybridized carbons (Fsp3) is 0.917. The molecule has 6 heteroatoms. The Labute approximate surface area is 105 Å². The average Bonchev–Trinajstić information content (AvgIpc) is 2.29. The predicted octanol–water partition coefficient (Wildman–Crippen LogP) is 1.40. The van der Waals surface area contributed by atoms with Gasteiger partial charge in [0.15, 0.2) is 6.29 Å². The summed E-state index contributed by atoms with van der Waals surface area (Å²) >= 11 is 0. The minimum Gasteiger partial charge on any atom is -0.412 e. The molecule has 0 amide bonds. The summed E-state index contributed by atoms with van der Waals surface area (Å²) in [6, 6.07) is 1.70. The van der Waals surface area contributed by atoms with Crippen molar-refractivity contribution in [2.24, 2.45) is 17.8 Å². The SMILES string of the molecule is CC1COC(C2CC(F)C(C#N)C(F)C2)OC1.O. The van der Waals surface area contributed by atoms with Gasteiger partial charge in [-0.1, -0.05) is 6.92 Å². The quantitative estimate of drug-likeness (QED) is 0.717. The van der Waals surface area contributed by atoms with Gasteiger partial charge in [-0.3, -0.25) is 0 Å². The van der Waals surface area contributed by atoms with E-state index in [0.29, 0.717) is 19.1 Å². The predicted molar refractivity (Wildman–Crippen MR) is 60.1 cm³/mol. The van der Waals surface area contributed by atoms with Crippen LogP contribution in [0.1, 0.15) is 19.8 Å². The highest BCUT2D eigenvalue weighted by Gasteiger charge is 2.42. The van der Waals surface area contributed by atoms with Crippen LogP contribution in [-0.2, 0) is 9.47 Å². The molecule has 0 bridgehead atoms. The molecule has 104 valence electrons. The van der Waals surface area contributed by atoms with Crippen LogP contribution in [0.4, 0.5) is 8.78 Å². The summed E-state index contributed by atoms with van der Waals surface area (Å²) in [5.41, 5.74) is 0. The van der Waals surface area contributed by atoms with Crippen molar-refractivity contribution in [1.82, 2.24) is 0 Å². The molecule has 2 unspecified atom stereocenters. The first-order valence-electron chi connectivity index (χ1n) is 6.02. The molecule has 2 fully saturated rings. The van der Waals surface area contributed by atoms with E-state index in [-0.39, 0.29) is 24.2 Å². The molecule has 4 nitrogen and oxygen atoms in total. The molecule has 1 aliphatic carbocycles. The lowest BCUT2D eigenvalue weighted by Crippen LogP contribution is -2.43. The molecule has 2 N–H and O–H groups in total. The molecule has 0 radical (unpaired) electrons. The minimum atomic E-state index is -1.42. The normalized spacial score (nSPS) is 44.8. The number of halogens is 2. The van der Waals surface area contributed by atoms with E-state index in [1.165, 1.54) is 0 Å². The van der Waals surface area contributed by atoms with Crippen LogP contribution in [0, 0.1) is 29.1 Å². The smallest absolute Gasteiger partial charge is 0.160 e. The summed E-state index contributed by atoms with van der Waals surface area (Å²) in [4.78, 5) is 0. The second-order valence-corrected chi connectivity index (χ2v) is 5.06. The number of ether oxygens (including phenoxy) is 2. The van der Waals surface area contributed by atoms with Gasteiger partial charge in [0.25, 0.3) is 0 Å². The van der Waals surface area contributed by atoms with Crippen LogP contribution in [0.2, 0.25) is 0 Å². The average molecular weight is 263 g/mol. The van der Waals surface area contributed by atoms with Crippen LogP contribution in [-0.4, -0.2) is 37.3 Å². The highest BCUT2D eigenvalue weighted by atomic mass is 19.1. The van der Waals surface area contributed by atoms with Gasteiger partial charge in [0.2, 0.25) is 0 Å². The lowest BCUT2D eigenvalue weighted by molar-refractivity contribution is -0.232. The molecule has 2 rings (SSSR count). The Morgan fingerprint density at radius 2 is 1.61 bits per heavy atom. The van der Waals surface area contributed by atoms with Crippen LogP contribution in [0.5, 0.6) is 0 Å². The summed E-state index contributed by atoms with van der Waals surface area (Å²) in [5, 5.41) is 8.67. The Balaban J connectivity index is 0.00000162. The highest BCUT2D eigenvalue weighted by Crippen LogP contribution is 2.37. The van der Waals surface area contributed by atoms with Crippen molar-refractivity contribution in [3.63, 3.8) is 0 Å². The van der Waals surface area contributed by atoms with Gasteiger partial charge in [-0.15, -0.1) is 0 Å². The van der Waals surface area contributed by atoms with E-state index in [4.69, 9.17) is 14.7 Å². The number of nitrogens with zero attached hydrogens (tertiary/aromatic N) is 1. The maximum absolute atomic E-state index is 13.6. The molecule has 2 aliphatic rings. The third-order valence-electron chi connectivity index (χ3n) is 3.46. The first-order chi connectivity index (χ1) is 8.11. The van der Waals surface area contributed by atoms with Crippen LogP contribution in [0.25, 0.3) is 0 Å². The largest absolute Gasteiger partial charge is 0.412 e. The van der Waals surface area contributed by atoms with Crippen LogP contribution >= 0.6 is 0 Å². The van der Waals surface area contributed by atoms with Crippen LogP contribution in [0.15, 0.2) is 0 Å². The topological polar surface area (TPSA) is 73.8 Å². The van der Waals surface area contributed by atoms with Crippen LogP contribution < -0.4 is 0 Å². The van der Waals surface area contributed by atoms with E-state index < -0.39 is 24.6 Å². The molecule has 0 spiro atoms. The molecule has 2 atom stereocenters. The summed E-state index contributed by atoms with van der Waals surface area (Å²) in [7, 11) is 0. The van der Waals surface area contributed by atoms with Crippen molar-refractivity contribution in [3.05, 3.63) is 0 Å². The molecular weight excluding hydrogens is 244 g/mol. The van der Waals surface area contributed by atoms with Gasteiger partial charge >= 0.3 is 0 Å². The van der Waals surface area contributed by atoms with Crippen molar-refractivity contribution in [2.75, 3.05) is 13.2 Å². The highest BCUT2D eigenvalue weighted by molar-refractivity contribution is 4.99. The molecule has 1 heterocycles. The molecular formula is C12H19F2NO3. The van der Waals surface area contributed by atoms with Gasteiger partial charge in [0.05, 0.1) is 19.3 Å². The van der Waals surface area contributed by atoms with E-state index in [1.54, 1.807) is 6.07 Å². The number of hydrogen-bond acceptors (Lipinski definition) is 3. The monoisotopic (exact) mass is 263 g/mol. The molecule has 0 aromatic heterocycles. The van der Waals surface area contributed by atoms with Crippen molar-refractivity contribution >= 4 is 0 Å². The number of hydrogen-bond donors (Lipinski definition) is 0. The molecule has 1 aliphatic heterocycles. The van der Waals surface area contributed by atoms with Crippen LogP contribution in [0.3, 0.4) is 0 Å². The Morgan fingerprint density at radius 3 is 2.06 bits per heavy atom. The zero-order valence-corrected chi connectivity index (χ0v) is 10.3. The first-order valence-corrected chi connectivity index (χ1v) is 6.02. The third kappa shape index (κ3) is 3.16. The molecule has 1 saturated carbocycles. The zero-order valence-electron chi connectivity index (χ0n) is 10.3. The fourth-order valence-electron chi connectivity index (χ4n) is 2.47. The van der Waals surface area contributed by atoms with Gasteiger partial charge in [0.1, 0.15) is 18.3 Å². The lowest BCUT2D eigenvalue weighted by atomic mass is 9.79. The second-order valence-electron chi connectivity index (χ2n) is 5.06. The van der Waals surface area contributed by atoms with Gasteiger partial charge in [-0.25, -0.2) is 8.78 Å². The standard InChI is InChI=1S/C12H17F2NO2.H2O/c1-7-5-16-12(17-6-7)8-2-10(13)9(4-15)11(14)3-8;/h7-12H,2-3,5-6H2,1H3;1H2. The number of alkyl halides is 2. The summed E-state index contributed by atoms with van der Waals surface area (Å²) in [6.45, 7) is 3.13. The molecule has 18 heavy (non-hydrogen) atoms. The fourth-order valence-corrected chi connectivity index (χ4v) is 2.47. The maximum atomic E-state index is 13.6. The van der Waals surface area contributed by atoms with Gasteiger partial charge < -0.3 is 14.9 Å².